The topological polar surface area (TPSA) is 52.6 Å². The average molecular weight is 493 g/mol. The van der Waals surface area contributed by atoms with Crippen LogP contribution in [0.4, 0.5) is 0 Å². The van der Waals surface area contributed by atoms with Crippen molar-refractivity contribution in [3.05, 3.63) is 90.5 Å². The molecule has 0 heterocycles. The Hall–Kier alpha value is -2.69. The monoisotopic (exact) mass is 492 g/mol. The first-order valence-corrected chi connectivity index (χ1v) is 14.7. The van der Waals surface area contributed by atoms with E-state index in [9.17, 15) is 8.42 Å². The molecular formula is C28H32O4SSi. The second-order valence-corrected chi connectivity index (χ2v) is 15.1. The maximum atomic E-state index is 12.3. The zero-order valence-electron chi connectivity index (χ0n) is 20.2. The van der Waals surface area contributed by atoms with Gasteiger partial charge in [-0.2, -0.15) is 8.42 Å². The van der Waals surface area contributed by atoms with E-state index in [4.69, 9.17) is 8.61 Å². The number of hydrogen-bond donors (Lipinski definition) is 0. The van der Waals surface area contributed by atoms with E-state index < -0.39 is 18.4 Å². The molecule has 0 spiro atoms. The van der Waals surface area contributed by atoms with Gasteiger partial charge in [-0.1, -0.05) is 111 Å². The summed E-state index contributed by atoms with van der Waals surface area (Å²) in [6, 6.07) is 27.4. The Morgan fingerprint density at radius 1 is 0.794 bits per heavy atom. The highest BCUT2D eigenvalue weighted by atomic mass is 32.2. The first-order valence-electron chi connectivity index (χ1n) is 11.3. The van der Waals surface area contributed by atoms with Gasteiger partial charge in [0.15, 0.2) is 0 Å². The Balaban J connectivity index is 1.70. The van der Waals surface area contributed by atoms with Crippen molar-refractivity contribution in [3.8, 4) is 11.8 Å². The Kier molecular flexibility index (Phi) is 8.50. The second kappa shape index (κ2) is 11.2. The van der Waals surface area contributed by atoms with Gasteiger partial charge in [0.1, 0.15) is 6.61 Å². The summed E-state index contributed by atoms with van der Waals surface area (Å²) in [5.74, 6) is 5.81. The van der Waals surface area contributed by atoms with Crippen LogP contribution in [-0.2, 0) is 18.7 Å². The van der Waals surface area contributed by atoms with Crippen LogP contribution in [0.1, 0.15) is 32.8 Å². The van der Waals surface area contributed by atoms with E-state index in [-0.39, 0.29) is 16.5 Å². The minimum absolute atomic E-state index is 0.103. The van der Waals surface area contributed by atoms with Crippen LogP contribution in [0, 0.1) is 18.8 Å². The van der Waals surface area contributed by atoms with Crippen molar-refractivity contribution in [2.45, 2.75) is 44.0 Å². The Labute approximate surface area is 205 Å². The lowest BCUT2D eigenvalue weighted by molar-refractivity contribution is 0.306. The van der Waals surface area contributed by atoms with E-state index in [1.165, 1.54) is 22.5 Å². The molecule has 0 fully saturated rings. The van der Waals surface area contributed by atoms with Crippen molar-refractivity contribution in [1.29, 1.82) is 0 Å². The molecular weight excluding hydrogens is 460 g/mol. The van der Waals surface area contributed by atoms with Crippen LogP contribution in [0.25, 0.3) is 0 Å². The van der Waals surface area contributed by atoms with Crippen molar-refractivity contribution in [2.24, 2.45) is 0 Å². The van der Waals surface area contributed by atoms with E-state index in [1.54, 1.807) is 12.1 Å². The molecule has 0 aliphatic heterocycles. The summed E-state index contributed by atoms with van der Waals surface area (Å²) >= 11 is 0. The molecule has 3 rings (SSSR count). The van der Waals surface area contributed by atoms with Gasteiger partial charge < -0.3 is 4.43 Å². The van der Waals surface area contributed by atoms with Gasteiger partial charge >= 0.3 is 0 Å². The van der Waals surface area contributed by atoms with Crippen LogP contribution in [-0.4, -0.2) is 29.9 Å². The third kappa shape index (κ3) is 6.05. The molecule has 34 heavy (non-hydrogen) atoms. The fourth-order valence-corrected chi connectivity index (χ4v) is 9.42. The molecule has 0 N–H and O–H groups in total. The highest BCUT2D eigenvalue weighted by molar-refractivity contribution is 7.86. The molecule has 3 aromatic carbocycles. The predicted octanol–water partition coefficient (Wildman–Crippen LogP) is 4.67. The third-order valence-electron chi connectivity index (χ3n) is 5.68. The van der Waals surface area contributed by atoms with Crippen LogP contribution in [0.15, 0.2) is 89.8 Å². The third-order valence-corrected chi connectivity index (χ3v) is 12.0. The quantitative estimate of drug-likeness (QED) is 0.198. The minimum atomic E-state index is -3.81. The van der Waals surface area contributed by atoms with Crippen molar-refractivity contribution >= 4 is 28.8 Å². The second-order valence-electron chi connectivity index (χ2n) is 9.14. The van der Waals surface area contributed by atoms with Crippen LogP contribution >= 0.6 is 0 Å². The zero-order chi connectivity index (χ0) is 24.7. The molecule has 178 valence electrons. The van der Waals surface area contributed by atoms with Crippen LogP contribution in [0.3, 0.4) is 0 Å². The van der Waals surface area contributed by atoms with Gasteiger partial charge in [-0.3, -0.25) is 4.18 Å². The summed E-state index contributed by atoms with van der Waals surface area (Å²) in [6.45, 7) is 8.86. The summed E-state index contributed by atoms with van der Waals surface area (Å²) in [6.07, 6.45) is 0.485. The maximum Gasteiger partial charge on any atom is 0.297 e. The van der Waals surface area contributed by atoms with E-state index in [0.29, 0.717) is 13.0 Å². The Morgan fingerprint density at radius 2 is 1.32 bits per heavy atom. The lowest BCUT2D eigenvalue weighted by Crippen LogP contribution is -2.66. The van der Waals surface area contributed by atoms with Crippen molar-refractivity contribution in [1.82, 2.24) is 0 Å². The van der Waals surface area contributed by atoms with E-state index in [0.717, 1.165) is 5.56 Å². The fourth-order valence-electron chi connectivity index (χ4n) is 4.04. The highest BCUT2D eigenvalue weighted by Gasteiger charge is 2.49. The lowest BCUT2D eigenvalue weighted by atomic mass is 10.2. The summed E-state index contributed by atoms with van der Waals surface area (Å²) in [5.41, 5.74) is 0.986. The van der Waals surface area contributed by atoms with E-state index in [1.807, 2.05) is 19.1 Å². The largest absolute Gasteiger partial charge is 0.406 e. The maximum absolute atomic E-state index is 12.3. The molecule has 0 aliphatic rings. The number of benzene rings is 3. The van der Waals surface area contributed by atoms with Gasteiger partial charge in [0, 0.05) is 13.0 Å². The van der Waals surface area contributed by atoms with Gasteiger partial charge in [0.05, 0.1) is 4.90 Å². The normalized spacial score (nSPS) is 12.1. The predicted molar refractivity (Wildman–Crippen MR) is 140 cm³/mol. The van der Waals surface area contributed by atoms with Gasteiger partial charge in [-0.25, -0.2) is 0 Å². The number of aryl methyl sites for hydroxylation is 1. The molecule has 0 unspecified atom stereocenters. The smallest absolute Gasteiger partial charge is 0.297 e. The van der Waals surface area contributed by atoms with E-state index in [2.05, 4.69) is 81.1 Å². The van der Waals surface area contributed by atoms with Gasteiger partial charge in [0.25, 0.3) is 18.4 Å². The van der Waals surface area contributed by atoms with Crippen molar-refractivity contribution in [2.75, 3.05) is 13.2 Å². The zero-order valence-corrected chi connectivity index (χ0v) is 22.1. The number of hydrogen-bond acceptors (Lipinski definition) is 4. The van der Waals surface area contributed by atoms with Gasteiger partial charge in [-0.05, 0) is 34.5 Å². The SMILES string of the molecule is Cc1ccc(S(=O)(=O)OCC#CCCO[Si](c2ccccc2)(c2ccccc2)C(C)(C)C)cc1. The van der Waals surface area contributed by atoms with Gasteiger partial charge in [-0.15, -0.1) is 0 Å². The molecule has 0 atom stereocenters. The summed E-state index contributed by atoms with van der Waals surface area (Å²) in [7, 11) is -6.40. The molecule has 0 saturated carbocycles. The first kappa shape index (κ1) is 25.9. The number of rotatable bonds is 8. The standard InChI is InChI=1S/C28H32O4SSi/c1-24-18-20-25(21-19-24)33(29,30)31-22-12-7-13-23-32-34(28(2,3)4,26-14-8-5-9-15-26)27-16-10-6-11-17-27/h5-6,8-11,14-21H,13,22-23H2,1-4H3. The Bertz CT molecular complexity index is 1180. The lowest BCUT2D eigenvalue weighted by Gasteiger charge is -2.43. The average Bonchev–Trinajstić information content (AvgIpc) is 2.81. The van der Waals surface area contributed by atoms with Crippen molar-refractivity contribution in [3.63, 3.8) is 0 Å². The van der Waals surface area contributed by atoms with E-state index >= 15 is 0 Å². The molecule has 0 aromatic heterocycles. The molecule has 0 amide bonds. The fraction of sp³-hybridized carbons (Fsp3) is 0.286. The van der Waals surface area contributed by atoms with Crippen LogP contribution in [0.5, 0.6) is 0 Å². The molecule has 0 bridgehead atoms. The molecule has 0 aliphatic carbocycles. The van der Waals surface area contributed by atoms with Crippen LogP contribution < -0.4 is 10.4 Å². The van der Waals surface area contributed by atoms with Gasteiger partial charge in [0.2, 0.25) is 0 Å². The highest BCUT2D eigenvalue weighted by Crippen LogP contribution is 2.36. The molecule has 4 nitrogen and oxygen atoms in total. The Morgan fingerprint density at radius 3 is 1.82 bits per heavy atom. The summed E-state index contributed by atoms with van der Waals surface area (Å²) < 4.78 is 36.4. The summed E-state index contributed by atoms with van der Waals surface area (Å²) in [4.78, 5) is 0.134. The molecule has 0 saturated heterocycles. The molecule has 6 heteroatoms. The van der Waals surface area contributed by atoms with Crippen molar-refractivity contribution < 1.29 is 17.0 Å². The summed E-state index contributed by atoms with van der Waals surface area (Å²) in [5, 5.41) is 2.33. The molecule has 3 aromatic rings. The first-order chi connectivity index (χ1) is 16.2. The van der Waals surface area contributed by atoms with Crippen LogP contribution in [0.2, 0.25) is 5.04 Å². The minimum Gasteiger partial charge on any atom is -0.406 e. The molecule has 0 radical (unpaired) electrons.